The molecule has 0 unspecified atom stereocenters. The van der Waals surface area contributed by atoms with Gasteiger partial charge in [0.1, 0.15) is 11.5 Å². The average molecular weight is 1000 g/mol. The van der Waals surface area contributed by atoms with Crippen molar-refractivity contribution in [1.82, 2.24) is 0 Å². The molecular weight excluding hydrogens is 950 g/mol. The van der Waals surface area contributed by atoms with Gasteiger partial charge in [-0.15, -0.1) is 17.6 Å². The molecule has 0 fully saturated rings. The minimum atomic E-state index is -5.50. The lowest BCUT2D eigenvalue weighted by Gasteiger charge is -2.13. The molecule has 54 heavy (non-hydrogen) atoms. The molecule has 0 heterocycles. The van der Waals surface area contributed by atoms with Crippen molar-refractivity contribution in [3.8, 4) is 33.8 Å². The molecule has 0 spiro atoms. The summed E-state index contributed by atoms with van der Waals surface area (Å²) >= 11 is 4.79. The molecule has 0 bridgehead atoms. The van der Waals surface area contributed by atoms with Crippen molar-refractivity contribution in [1.29, 1.82) is 0 Å². The minimum Gasteiger partial charge on any atom is -0.493 e. The zero-order chi connectivity index (χ0) is 40.2. The molecule has 0 radical (unpaired) electrons. The van der Waals surface area contributed by atoms with Crippen molar-refractivity contribution in [2.45, 2.75) is 97.3 Å². The second-order valence-corrected chi connectivity index (χ2v) is 15.3. The standard InChI is InChI=1S/2C20H25IO.CF4.H2O4S/c2*1-2-3-4-5-6-10-16-22-19-15-11-14-18(21)20(19)17-12-8-7-9-13-17;2-1(3,4)5;1-5(2,3)4/h2*7-9,11-15H,2-6,10,16H2,1H3;;(H2,1,2,3,4). The third-order valence-electron chi connectivity index (χ3n) is 7.59. The third kappa shape index (κ3) is 25.6. The van der Waals surface area contributed by atoms with E-state index in [1.165, 1.54) is 93.6 Å². The number of benzene rings is 4. The number of unbranched alkanes of at least 4 members (excludes halogenated alkanes) is 10. The summed E-state index contributed by atoms with van der Waals surface area (Å²) in [5.74, 6) is 2.01. The Balaban J connectivity index is 0.000000432. The zero-order valence-electron chi connectivity index (χ0n) is 30.8. The molecule has 0 amide bonds. The number of hydrogen-bond acceptors (Lipinski definition) is 4. The third-order valence-corrected chi connectivity index (χ3v) is 9.38. The molecule has 0 aromatic heterocycles. The number of alkyl halides is 4. The van der Waals surface area contributed by atoms with Crippen LogP contribution in [0.3, 0.4) is 0 Å². The summed E-state index contributed by atoms with van der Waals surface area (Å²) in [4.78, 5) is 0. The number of rotatable bonds is 18. The molecule has 4 aromatic rings. The molecular formula is C41H52F4I2O6S. The Morgan fingerprint density at radius 3 is 1.13 bits per heavy atom. The van der Waals surface area contributed by atoms with E-state index in [9.17, 15) is 17.6 Å². The summed E-state index contributed by atoms with van der Waals surface area (Å²) in [6.45, 7) is 6.13. The van der Waals surface area contributed by atoms with Gasteiger partial charge in [-0.3, -0.25) is 9.11 Å². The first kappa shape index (κ1) is 49.5. The van der Waals surface area contributed by atoms with Gasteiger partial charge in [-0.05, 0) is 93.4 Å². The van der Waals surface area contributed by atoms with Crippen LogP contribution in [0.1, 0.15) is 90.9 Å². The molecule has 0 saturated heterocycles. The first-order valence-corrected chi connectivity index (χ1v) is 21.6. The maximum absolute atomic E-state index is 9.69. The van der Waals surface area contributed by atoms with E-state index in [2.05, 4.69) is 156 Å². The van der Waals surface area contributed by atoms with Gasteiger partial charge in [0, 0.05) is 18.3 Å². The number of hydrogen-bond donors (Lipinski definition) is 2. The van der Waals surface area contributed by atoms with Crippen LogP contribution in [-0.2, 0) is 10.4 Å². The quantitative estimate of drug-likeness (QED) is 0.0446. The molecule has 0 saturated carbocycles. The Morgan fingerprint density at radius 1 is 0.519 bits per heavy atom. The van der Waals surface area contributed by atoms with Crippen LogP contribution in [0.15, 0.2) is 97.1 Å². The van der Waals surface area contributed by atoms with Gasteiger partial charge in [0.2, 0.25) is 0 Å². The highest BCUT2D eigenvalue weighted by molar-refractivity contribution is 14.1. The Kier molecular flexibility index (Phi) is 26.5. The Hall–Kier alpha value is -2.47. The second-order valence-electron chi connectivity index (χ2n) is 12.1. The van der Waals surface area contributed by atoms with Crippen molar-refractivity contribution in [2.24, 2.45) is 0 Å². The fraction of sp³-hybridized carbons (Fsp3) is 0.415. The molecule has 0 atom stereocenters. The van der Waals surface area contributed by atoms with Crippen LogP contribution in [0, 0.1) is 7.14 Å². The van der Waals surface area contributed by atoms with E-state index in [4.69, 9.17) is 27.0 Å². The average Bonchev–Trinajstić information content (AvgIpc) is 3.10. The van der Waals surface area contributed by atoms with Crippen LogP contribution in [-0.4, -0.2) is 37.2 Å². The predicted molar refractivity (Wildman–Crippen MR) is 228 cm³/mol. The fourth-order valence-corrected chi connectivity index (χ4v) is 6.72. The van der Waals surface area contributed by atoms with Crippen LogP contribution in [0.5, 0.6) is 11.5 Å². The highest BCUT2D eigenvalue weighted by Gasteiger charge is 2.24. The van der Waals surface area contributed by atoms with Crippen molar-refractivity contribution < 1.29 is 44.6 Å². The van der Waals surface area contributed by atoms with E-state index >= 15 is 0 Å². The lowest BCUT2D eigenvalue weighted by molar-refractivity contribution is -0.237. The second kappa shape index (κ2) is 28.9. The minimum absolute atomic E-state index is 0.812. The largest absolute Gasteiger partial charge is 0.559 e. The first-order valence-electron chi connectivity index (χ1n) is 18.0. The molecule has 0 aliphatic carbocycles. The van der Waals surface area contributed by atoms with Crippen LogP contribution in [0.2, 0.25) is 0 Å². The van der Waals surface area contributed by atoms with Crippen molar-refractivity contribution in [2.75, 3.05) is 13.2 Å². The van der Waals surface area contributed by atoms with Crippen LogP contribution < -0.4 is 9.47 Å². The summed E-state index contributed by atoms with van der Waals surface area (Å²) in [5.41, 5.74) is 4.89. The normalized spacial score (nSPS) is 10.9. The lowest BCUT2D eigenvalue weighted by atomic mass is 10.0. The Bertz CT molecular complexity index is 1540. The molecule has 0 aliphatic rings. The van der Waals surface area contributed by atoms with Gasteiger partial charge in [0.05, 0.1) is 13.2 Å². The smallest absolute Gasteiger partial charge is 0.493 e. The molecule has 300 valence electrons. The molecule has 4 rings (SSSR count). The molecule has 0 aliphatic heterocycles. The highest BCUT2D eigenvalue weighted by Crippen LogP contribution is 2.35. The highest BCUT2D eigenvalue weighted by atomic mass is 127. The van der Waals surface area contributed by atoms with Gasteiger partial charge < -0.3 is 9.47 Å². The molecule has 6 nitrogen and oxygen atoms in total. The van der Waals surface area contributed by atoms with Crippen LogP contribution in [0.25, 0.3) is 22.3 Å². The summed E-state index contributed by atoms with van der Waals surface area (Å²) in [5, 5.41) is 0. The fourth-order valence-electron chi connectivity index (χ4n) is 5.15. The monoisotopic (exact) mass is 1000 g/mol. The maximum Gasteiger partial charge on any atom is 0.559 e. The summed E-state index contributed by atoms with van der Waals surface area (Å²) in [6, 6.07) is 33.6. The number of halogens is 6. The van der Waals surface area contributed by atoms with Crippen molar-refractivity contribution in [3.05, 3.63) is 104 Å². The van der Waals surface area contributed by atoms with Gasteiger partial charge in [-0.1, -0.05) is 151 Å². The van der Waals surface area contributed by atoms with E-state index in [0.29, 0.717) is 0 Å². The van der Waals surface area contributed by atoms with E-state index in [1.807, 2.05) is 0 Å². The van der Waals surface area contributed by atoms with Gasteiger partial charge in [-0.25, -0.2) is 0 Å². The number of ether oxygens (including phenoxy) is 2. The van der Waals surface area contributed by atoms with Gasteiger partial charge in [0.25, 0.3) is 0 Å². The van der Waals surface area contributed by atoms with Gasteiger partial charge >= 0.3 is 16.8 Å². The molecule has 2 N–H and O–H groups in total. The Labute approximate surface area is 346 Å². The van der Waals surface area contributed by atoms with E-state index < -0.39 is 16.8 Å². The van der Waals surface area contributed by atoms with E-state index in [-0.39, 0.29) is 0 Å². The van der Waals surface area contributed by atoms with Crippen LogP contribution >= 0.6 is 45.2 Å². The lowest BCUT2D eigenvalue weighted by Crippen LogP contribution is -2.00. The zero-order valence-corrected chi connectivity index (χ0v) is 36.0. The summed E-state index contributed by atoms with van der Waals surface area (Å²) in [6.07, 6.45) is 10.0. The summed E-state index contributed by atoms with van der Waals surface area (Å²) in [7, 11) is -4.67. The predicted octanol–water partition coefficient (Wildman–Crippen LogP) is 14.2. The van der Waals surface area contributed by atoms with Crippen molar-refractivity contribution in [3.63, 3.8) is 0 Å². The Morgan fingerprint density at radius 2 is 0.815 bits per heavy atom. The summed E-state index contributed by atoms with van der Waals surface area (Å²) < 4.78 is 85.0. The topological polar surface area (TPSA) is 93.1 Å². The van der Waals surface area contributed by atoms with Gasteiger partial charge in [0.15, 0.2) is 0 Å². The van der Waals surface area contributed by atoms with Gasteiger partial charge in [-0.2, -0.15) is 8.42 Å². The van der Waals surface area contributed by atoms with E-state index in [0.717, 1.165) is 37.6 Å². The van der Waals surface area contributed by atoms with Crippen LogP contribution in [0.4, 0.5) is 17.6 Å². The SMILES string of the molecule is CCCCCCCCOc1cccc(I)c1-c1ccccc1.CCCCCCCCOc1cccc(I)c1-c1ccccc1.FC(F)(F)F.O=S(=O)(O)O. The first-order chi connectivity index (χ1) is 25.7. The molecule has 4 aromatic carbocycles. The van der Waals surface area contributed by atoms with Crippen molar-refractivity contribution >= 4 is 55.6 Å². The maximum atomic E-state index is 9.69. The molecule has 13 heteroatoms. The van der Waals surface area contributed by atoms with E-state index in [1.54, 1.807) is 0 Å².